The third-order valence-corrected chi connectivity index (χ3v) is 5.48. The molecule has 10 heteroatoms. The van der Waals surface area contributed by atoms with Crippen LogP contribution < -0.4 is 15.4 Å². The van der Waals surface area contributed by atoms with Gasteiger partial charge < -0.3 is 24.7 Å². The van der Waals surface area contributed by atoms with E-state index in [-0.39, 0.29) is 36.2 Å². The Morgan fingerprint density at radius 3 is 2.81 bits per heavy atom. The molecule has 31 heavy (non-hydrogen) atoms. The highest BCUT2D eigenvalue weighted by Gasteiger charge is 2.17. The van der Waals surface area contributed by atoms with Gasteiger partial charge in [0.1, 0.15) is 24.2 Å². The van der Waals surface area contributed by atoms with Gasteiger partial charge in [-0.25, -0.2) is 4.99 Å². The number of ether oxygens (including phenoxy) is 2. The number of nitrogens with zero attached hydrogens (tertiary/aromatic N) is 4. The second kappa shape index (κ2) is 13.1. The minimum Gasteiger partial charge on any atom is -0.487 e. The summed E-state index contributed by atoms with van der Waals surface area (Å²) >= 11 is 6.23. The number of aryl methyl sites for hydroxylation is 1. The quantitative estimate of drug-likeness (QED) is 0.277. The van der Waals surface area contributed by atoms with Crippen LogP contribution >= 0.6 is 35.6 Å². The molecule has 1 fully saturated rings. The second-order valence-corrected chi connectivity index (χ2v) is 7.77. The zero-order chi connectivity index (χ0) is 21.3. The van der Waals surface area contributed by atoms with E-state index < -0.39 is 0 Å². The van der Waals surface area contributed by atoms with Crippen molar-refractivity contribution in [2.75, 3.05) is 19.7 Å². The molecule has 2 aromatic rings. The summed E-state index contributed by atoms with van der Waals surface area (Å²) in [6.45, 7) is 6.58. The normalized spacial score (nSPS) is 17.2. The van der Waals surface area contributed by atoms with Gasteiger partial charge in [-0.2, -0.15) is 0 Å². The lowest BCUT2D eigenvalue weighted by molar-refractivity contribution is 0.113. The van der Waals surface area contributed by atoms with E-state index in [9.17, 15) is 0 Å². The Morgan fingerprint density at radius 2 is 2.16 bits per heavy atom. The van der Waals surface area contributed by atoms with Gasteiger partial charge in [-0.05, 0) is 38.3 Å². The van der Waals surface area contributed by atoms with Crippen molar-refractivity contribution in [2.24, 2.45) is 12.0 Å². The average molecular weight is 563 g/mol. The number of guanidine groups is 1. The van der Waals surface area contributed by atoms with Crippen molar-refractivity contribution in [3.05, 3.63) is 40.9 Å². The van der Waals surface area contributed by atoms with Crippen LogP contribution in [0, 0.1) is 6.92 Å². The highest BCUT2D eigenvalue weighted by molar-refractivity contribution is 14.0. The third-order valence-electron chi connectivity index (χ3n) is 5.17. The van der Waals surface area contributed by atoms with E-state index in [1.54, 1.807) is 0 Å². The molecule has 1 aliphatic rings. The summed E-state index contributed by atoms with van der Waals surface area (Å²) in [5.41, 5.74) is 0. The first-order valence-corrected chi connectivity index (χ1v) is 10.8. The van der Waals surface area contributed by atoms with E-state index in [4.69, 9.17) is 26.1 Å². The molecule has 2 heterocycles. The molecule has 1 aliphatic heterocycles. The van der Waals surface area contributed by atoms with Crippen LogP contribution in [0.4, 0.5) is 0 Å². The number of benzene rings is 1. The van der Waals surface area contributed by atoms with Crippen LogP contribution in [0.25, 0.3) is 0 Å². The second-order valence-electron chi connectivity index (χ2n) is 7.36. The van der Waals surface area contributed by atoms with E-state index in [0.29, 0.717) is 36.4 Å². The molecule has 1 aromatic heterocycles. The summed E-state index contributed by atoms with van der Waals surface area (Å²) in [6, 6.07) is 7.52. The molecule has 3 rings (SSSR count). The monoisotopic (exact) mass is 562 g/mol. The maximum absolute atomic E-state index is 6.23. The Kier molecular flexibility index (Phi) is 10.8. The number of para-hydroxylation sites is 1. The number of hydrogen-bond acceptors (Lipinski definition) is 5. The number of nitrogens with one attached hydrogen (secondary N) is 2. The van der Waals surface area contributed by atoms with Gasteiger partial charge in [-0.15, -0.1) is 34.2 Å². The van der Waals surface area contributed by atoms with E-state index in [0.717, 1.165) is 37.5 Å². The smallest absolute Gasteiger partial charge is 0.191 e. The number of aliphatic imine (C=N–C) groups is 1. The molecule has 2 N–H and O–H groups in total. The molecule has 172 valence electrons. The van der Waals surface area contributed by atoms with Crippen molar-refractivity contribution < 1.29 is 9.47 Å². The molecule has 0 amide bonds. The third kappa shape index (κ3) is 7.80. The van der Waals surface area contributed by atoms with Crippen LogP contribution in [-0.2, 0) is 18.3 Å². The molecule has 0 spiro atoms. The van der Waals surface area contributed by atoms with Crippen molar-refractivity contribution in [2.45, 2.75) is 51.9 Å². The first kappa shape index (κ1) is 25.7. The molecule has 0 saturated carbocycles. The fourth-order valence-electron chi connectivity index (χ4n) is 3.13. The minimum atomic E-state index is -0.0447. The summed E-state index contributed by atoms with van der Waals surface area (Å²) in [4.78, 5) is 4.69. The first-order valence-electron chi connectivity index (χ1n) is 10.5. The molecule has 2 atom stereocenters. The number of halogens is 2. The van der Waals surface area contributed by atoms with Crippen LogP contribution in [-0.4, -0.2) is 52.6 Å². The molecule has 2 unspecified atom stereocenters. The molecular weight excluding hydrogens is 531 g/mol. The standard InChI is InChI=1S/C21H31ClN6O2.HI/c1-4-16(30-19-10-6-5-9-18(19)22)12-23-21(24-13-17-8-7-11-29-17)25-14-20-27-26-15(2)28(20)3;/h5-6,9-10,16-17H,4,7-8,11-14H2,1-3H3,(H2,23,24,25);1H. The molecule has 1 aromatic carbocycles. The van der Waals surface area contributed by atoms with Crippen molar-refractivity contribution in [1.29, 1.82) is 0 Å². The molecule has 1 saturated heterocycles. The fraction of sp³-hybridized carbons (Fsp3) is 0.571. The lowest BCUT2D eigenvalue weighted by Gasteiger charge is -2.21. The van der Waals surface area contributed by atoms with E-state index in [1.807, 2.05) is 42.8 Å². The SMILES string of the molecule is CCC(CNC(=NCc1nnc(C)n1C)NCC1CCCO1)Oc1ccccc1Cl.I. The van der Waals surface area contributed by atoms with Gasteiger partial charge in [-0.1, -0.05) is 30.7 Å². The molecule has 8 nitrogen and oxygen atoms in total. The van der Waals surface area contributed by atoms with E-state index in [2.05, 4.69) is 27.8 Å². The summed E-state index contributed by atoms with van der Waals surface area (Å²) in [5, 5.41) is 15.7. The average Bonchev–Trinajstić information content (AvgIpc) is 3.38. The van der Waals surface area contributed by atoms with Crippen molar-refractivity contribution >= 4 is 41.5 Å². The summed E-state index contributed by atoms with van der Waals surface area (Å²) in [6.07, 6.45) is 3.18. The number of aromatic nitrogens is 3. The van der Waals surface area contributed by atoms with Gasteiger partial charge in [0.2, 0.25) is 0 Å². The molecule has 0 aliphatic carbocycles. The predicted molar refractivity (Wildman–Crippen MR) is 133 cm³/mol. The van der Waals surface area contributed by atoms with Gasteiger partial charge in [0.05, 0.1) is 17.7 Å². The Morgan fingerprint density at radius 1 is 1.35 bits per heavy atom. The van der Waals surface area contributed by atoms with Gasteiger partial charge in [0.25, 0.3) is 0 Å². The maximum Gasteiger partial charge on any atom is 0.191 e. The molecular formula is C21H32ClIN6O2. The van der Waals surface area contributed by atoms with E-state index >= 15 is 0 Å². The zero-order valence-corrected chi connectivity index (χ0v) is 21.4. The highest BCUT2D eigenvalue weighted by Crippen LogP contribution is 2.24. The van der Waals surface area contributed by atoms with Crippen LogP contribution in [0.5, 0.6) is 5.75 Å². The van der Waals surface area contributed by atoms with Crippen molar-refractivity contribution in [1.82, 2.24) is 25.4 Å². The first-order chi connectivity index (χ1) is 14.6. The summed E-state index contributed by atoms with van der Waals surface area (Å²) in [7, 11) is 1.94. The summed E-state index contributed by atoms with van der Waals surface area (Å²) < 4.78 is 13.7. The zero-order valence-electron chi connectivity index (χ0n) is 18.3. The lowest BCUT2D eigenvalue weighted by atomic mass is 10.2. The fourth-order valence-corrected chi connectivity index (χ4v) is 3.31. The summed E-state index contributed by atoms with van der Waals surface area (Å²) in [5.74, 6) is 3.06. The number of rotatable bonds is 9. The van der Waals surface area contributed by atoms with Crippen LogP contribution in [0.1, 0.15) is 37.8 Å². The van der Waals surface area contributed by atoms with Gasteiger partial charge >= 0.3 is 0 Å². The van der Waals surface area contributed by atoms with Crippen LogP contribution in [0.2, 0.25) is 5.02 Å². The Hall–Kier alpha value is -1.59. The lowest BCUT2D eigenvalue weighted by Crippen LogP contribution is -2.44. The van der Waals surface area contributed by atoms with Gasteiger partial charge in [-0.3, -0.25) is 0 Å². The Labute approximate surface area is 206 Å². The van der Waals surface area contributed by atoms with Crippen molar-refractivity contribution in [3.8, 4) is 5.75 Å². The van der Waals surface area contributed by atoms with Crippen LogP contribution in [0.3, 0.4) is 0 Å². The highest BCUT2D eigenvalue weighted by atomic mass is 127. The predicted octanol–water partition coefficient (Wildman–Crippen LogP) is 3.47. The van der Waals surface area contributed by atoms with Crippen LogP contribution in [0.15, 0.2) is 29.3 Å². The Balaban J connectivity index is 0.00000341. The van der Waals surface area contributed by atoms with E-state index in [1.165, 1.54) is 0 Å². The maximum atomic E-state index is 6.23. The minimum absolute atomic E-state index is 0. The largest absolute Gasteiger partial charge is 0.487 e. The topological polar surface area (TPSA) is 85.6 Å². The van der Waals surface area contributed by atoms with Gasteiger partial charge in [0.15, 0.2) is 11.8 Å². The Bertz CT molecular complexity index is 841. The van der Waals surface area contributed by atoms with Gasteiger partial charge in [0, 0.05) is 20.2 Å². The molecule has 0 bridgehead atoms. The van der Waals surface area contributed by atoms with Crippen molar-refractivity contribution in [3.63, 3.8) is 0 Å². The number of hydrogen-bond donors (Lipinski definition) is 2. The molecule has 0 radical (unpaired) electrons.